The highest BCUT2D eigenvalue weighted by Gasteiger charge is 2.09. The fourth-order valence-corrected chi connectivity index (χ4v) is 1.55. The van der Waals surface area contributed by atoms with Gasteiger partial charge < -0.3 is 20.9 Å². The van der Waals surface area contributed by atoms with Gasteiger partial charge in [-0.3, -0.25) is 4.79 Å². The Morgan fingerprint density at radius 1 is 1.59 bits per heavy atom. The largest absolute Gasteiger partial charge is 0.399 e. The summed E-state index contributed by atoms with van der Waals surface area (Å²) in [7, 11) is 1.47. The number of carbonyl (C=O) groups excluding carboxylic acids is 1. The maximum Gasteiger partial charge on any atom is 0.251 e. The first kappa shape index (κ1) is 13.8. The van der Waals surface area contributed by atoms with Gasteiger partial charge in [0, 0.05) is 29.9 Å². The van der Waals surface area contributed by atoms with Gasteiger partial charge in [0.1, 0.15) is 0 Å². The minimum absolute atomic E-state index is 0.110. The quantitative estimate of drug-likeness (QED) is 0.678. The lowest BCUT2D eigenvalue weighted by molar-refractivity contribution is 0.0610. The van der Waals surface area contributed by atoms with E-state index in [4.69, 9.17) is 22.1 Å². The molecule has 1 atom stereocenters. The van der Waals surface area contributed by atoms with Crippen molar-refractivity contribution >= 4 is 23.2 Å². The molecule has 0 aromatic heterocycles. The van der Waals surface area contributed by atoms with Crippen molar-refractivity contribution in [3.05, 3.63) is 28.8 Å². The molecule has 1 unspecified atom stereocenters. The Balaban J connectivity index is 2.58. The van der Waals surface area contributed by atoms with Gasteiger partial charge in [0.05, 0.1) is 12.7 Å². The highest BCUT2D eigenvalue weighted by Crippen LogP contribution is 2.16. The number of anilines is 1. The van der Waals surface area contributed by atoms with Crippen LogP contribution in [0.5, 0.6) is 0 Å². The molecule has 0 spiro atoms. The Bertz CT molecular complexity index is 378. The number of nitrogen functional groups attached to an aromatic ring is 1. The van der Waals surface area contributed by atoms with Crippen LogP contribution in [-0.4, -0.2) is 37.4 Å². The van der Waals surface area contributed by atoms with Gasteiger partial charge >= 0.3 is 0 Å². The van der Waals surface area contributed by atoms with Crippen LogP contribution in [0.15, 0.2) is 18.2 Å². The predicted molar refractivity (Wildman–Crippen MR) is 66.1 cm³/mol. The molecule has 94 valence electrons. The molecule has 0 aliphatic carbocycles. The number of methoxy groups -OCH3 is 1. The van der Waals surface area contributed by atoms with E-state index in [0.29, 0.717) is 16.3 Å². The highest BCUT2D eigenvalue weighted by atomic mass is 35.5. The first-order valence-electron chi connectivity index (χ1n) is 5.04. The molecule has 0 aliphatic heterocycles. The molecule has 0 fully saturated rings. The predicted octanol–water partition coefficient (Wildman–Crippen LogP) is 0.659. The van der Waals surface area contributed by atoms with Gasteiger partial charge in [0.2, 0.25) is 0 Å². The lowest BCUT2D eigenvalue weighted by Crippen LogP contribution is -2.34. The van der Waals surface area contributed by atoms with Crippen LogP contribution in [0.4, 0.5) is 5.69 Å². The van der Waals surface area contributed by atoms with Crippen molar-refractivity contribution in [3.63, 3.8) is 0 Å². The summed E-state index contributed by atoms with van der Waals surface area (Å²) in [5.41, 5.74) is 6.34. The van der Waals surface area contributed by atoms with Crippen molar-refractivity contribution < 1.29 is 14.6 Å². The molecular formula is C11H15ClN2O3. The van der Waals surface area contributed by atoms with Crippen LogP contribution in [0.25, 0.3) is 0 Å². The Labute approximate surface area is 105 Å². The summed E-state index contributed by atoms with van der Waals surface area (Å²) in [5, 5.41) is 12.3. The van der Waals surface area contributed by atoms with Gasteiger partial charge in [-0.2, -0.15) is 0 Å². The molecule has 17 heavy (non-hydrogen) atoms. The third-order valence-electron chi connectivity index (χ3n) is 2.04. The smallest absolute Gasteiger partial charge is 0.251 e. The average molecular weight is 259 g/mol. The number of nitrogens with two attached hydrogens (primary N) is 1. The molecule has 1 aromatic rings. The number of aliphatic hydroxyl groups is 1. The second kappa shape index (κ2) is 6.44. The molecule has 0 heterocycles. The van der Waals surface area contributed by atoms with Crippen molar-refractivity contribution in [3.8, 4) is 0 Å². The monoisotopic (exact) mass is 258 g/mol. The molecule has 0 saturated carbocycles. The molecule has 1 aromatic carbocycles. The summed E-state index contributed by atoms with van der Waals surface area (Å²) in [6, 6.07) is 4.58. The molecule has 0 aliphatic rings. The number of carbonyl (C=O) groups is 1. The van der Waals surface area contributed by atoms with Gasteiger partial charge in [0.25, 0.3) is 5.91 Å². The average Bonchev–Trinajstić information content (AvgIpc) is 2.25. The Morgan fingerprint density at radius 3 is 2.88 bits per heavy atom. The zero-order chi connectivity index (χ0) is 12.8. The summed E-state index contributed by atoms with van der Waals surface area (Å²) in [5.74, 6) is -0.339. The molecule has 4 N–H and O–H groups in total. The Kier molecular flexibility index (Phi) is 5.21. The van der Waals surface area contributed by atoms with Crippen molar-refractivity contribution in [2.75, 3.05) is 26.0 Å². The van der Waals surface area contributed by atoms with Crippen molar-refractivity contribution in [2.45, 2.75) is 6.10 Å². The standard InChI is InChI=1S/C11H15ClN2O3/c1-17-6-10(15)5-14-11(16)7-2-8(12)4-9(13)3-7/h2-4,10,15H,5-6,13H2,1H3,(H,14,16). The minimum atomic E-state index is -0.736. The molecule has 5 nitrogen and oxygen atoms in total. The van der Waals surface area contributed by atoms with E-state index in [1.807, 2.05) is 0 Å². The third-order valence-corrected chi connectivity index (χ3v) is 2.26. The van der Waals surface area contributed by atoms with E-state index >= 15 is 0 Å². The van der Waals surface area contributed by atoms with E-state index in [9.17, 15) is 9.90 Å². The van der Waals surface area contributed by atoms with E-state index < -0.39 is 6.10 Å². The number of nitrogens with one attached hydrogen (secondary N) is 1. The number of hydrogen-bond donors (Lipinski definition) is 3. The van der Waals surface area contributed by atoms with E-state index in [1.54, 1.807) is 6.07 Å². The molecule has 1 amide bonds. The number of ether oxygens (including phenoxy) is 1. The summed E-state index contributed by atoms with van der Waals surface area (Å²) >= 11 is 5.78. The topological polar surface area (TPSA) is 84.6 Å². The van der Waals surface area contributed by atoms with Gasteiger partial charge in [-0.05, 0) is 18.2 Å². The van der Waals surface area contributed by atoms with E-state index in [2.05, 4.69) is 5.32 Å². The summed E-state index contributed by atoms with van der Waals surface area (Å²) in [4.78, 5) is 11.7. The molecule has 1 rings (SSSR count). The van der Waals surface area contributed by atoms with Crippen LogP contribution in [-0.2, 0) is 4.74 Å². The molecule has 0 saturated heterocycles. The number of aliphatic hydroxyl groups excluding tert-OH is 1. The fourth-order valence-electron chi connectivity index (χ4n) is 1.31. The summed E-state index contributed by atoms with van der Waals surface area (Å²) in [6.07, 6.45) is -0.736. The van der Waals surface area contributed by atoms with Gasteiger partial charge in [0.15, 0.2) is 0 Å². The van der Waals surface area contributed by atoms with Gasteiger partial charge in [-0.25, -0.2) is 0 Å². The molecule has 0 radical (unpaired) electrons. The number of benzene rings is 1. The zero-order valence-corrected chi connectivity index (χ0v) is 10.2. The second-order valence-corrected chi connectivity index (χ2v) is 4.03. The number of amides is 1. The van der Waals surface area contributed by atoms with E-state index in [1.165, 1.54) is 19.2 Å². The van der Waals surface area contributed by atoms with Crippen LogP contribution in [0.3, 0.4) is 0 Å². The fraction of sp³-hybridized carbons (Fsp3) is 0.364. The SMILES string of the molecule is COCC(O)CNC(=O)c1cc(N)cc(Cl)c1. The summed E-state index contributed by atoms with van der Waals surface area (Å²) in [6.45, 7) is 0.275. The van der Waals surface area contributed by atoms with Crippen LogP contribution in [0.2, 0.25) is 5.02 Å². The van der Waals surface area contributed by atoms with Gasteiger partial charge in [-0.15, -0.1) is 0 Å². The minimum Gasteiger partial charge on any atom is -0.399 e. The Morgan fingerprint density at radius 2 is 2.29 bits per heavy atom. The second-order valence-electron chi connectivity index (χ2n) is 3.59. The Hall–Kier alpha value is -1.30. The van der Waals surface area contributed by atoms with Crippen LogP contribution in [0.1, 0.15) is 10.4 Å². The highest BCUT2D eigenvalue weighted by molar-refractivity contribution is 6.31. The first-order valence-corrected chi connectivity index (χ1v) is 5.42. The first-order chi connectivity index (χ1) is 8.02. The number of hydrogen-bond acceptors (Lipinski definition) is 4. The van der Waals surface area contributed by atoms with Crippen LogP contribution in [0, 0.1) is 0 Å². The third kappa shape index (κ3) is 4.60. The molecule has 0 bridgehead atoms. The van der Waals surface area contributed by atoms with Crippen LogP contribution < -0.4 is 11.1 Å². The normalized spacial score (nSPS) is 12.2. The lowest BCUT2D eigenvalue weighted by atomic mass is 10.2. The van der Waals surface area contributed by atoms with Gasteiger partial charge in [-0.1, -0.05) is 11.6 Å². The molecule has 6 heteroatoms. The van der Waals surface area contributed by atoms with Crippen molar-refractivity contribution in [1.82, 2.24) is 5.32 Å². The molecular weight excluding hydrogens is 244 g/mol. The zero-order valence-electron chi connectivity index (χ0n) is 9.44. The summed E-state index contributed by atoms with van der Waals surface area (Å²) < 4.78 is 4.74. The van der Waals surface area contributed by atoms with Crippen molar-refractivity contribution in [1.29, 1.82) is 0 Å². The van der Waals surface area contributed by atoms with E-state index in [-0.39, 0.29) is 19.1 Å². The number of halogens is 1. The van der Waals surface area contributed by atoms with Crippen LogP contribution >= 0.6 is 11.6 Å². The maximum absolute atomic E-state index is 11.7. The van der Waals surface area contributed by atoms with Crippen molar-refractivity contribution in [2.24, 2.45) is 0 Å². The van der Waals surface area contributed by atoms with E-state index in [0.717, 1.165) is 0 Å². The maximum atomic E-state index is 11.7. The number of rotatable bonds is 5. The lowest BCUT2D eigenvalue weighted by Gasteiger charge is -2.11.